The van der Waals surface area contributed by atoms with Gasteiger partial charge in [-0.1, -0.05) is 24.3 Å². The van der Waals surface area contributed by atoms with Crippen LogP contribution in [0.1, 0.15) is 4.88 Å². The molecule has 2 nitrogen and oxygen atoms in total. The van der Waals surface area contributed by atoms with Crippen LogP contribution in [0.25, 0.3) is 16.2 Å². The fourth-order valence-electron chi connectivity index (χ4n) is 1.31. The SMILES string of the molecule is ONCC=Cc1cc2ccccc2s1. The second kappa shape index (κ2) is 4.37. The van der Waals surface area contributed by atoms with Gasteiger partial charge in [0, 0.05) is 16.1 Å². The van der Waals surface area contributed by atoms with Gasteiger partial charge in [-0.05, 0) is 23.6 Å². The molecule has 0 unspecified atom stereocenters. The quantitative estimate of drug-likeness (QED) is 0.755. The van der Waals surface area contributed by atoms with Gasteiger partial charge in [-0.2, -0.15) is 0 Å². The van der Waals surface area contributed by atoms with Crippen molar-refractivity contribution in [2.45, 2.75) is 0 Å². The van der Waals surface area contributed by atoms with Crippen molar-refractivity contribution in [2.75, 3.05) is 6.54 Å². The van der Waals surface area contributed by atoms with E-state index in [-0.39, 0.29) is 0 Å². The normalized spacial score (nSPS) is 11.5. The van der Waals surface area contributed by atoms with Crippen molar-refractivity contribution in [1.29, 1.82) is 0 Å². The van der Waals surface area contributed by atoms with Crippen molar-refractivity contribution in [2.24, 2.45) is 0 Å². The van der Waals surface area contributed by atoms with Crippen LogP contribution in [0.2, 0.25) is 0 Å². The van der Waals surface area contributed by atoms with E-state index in [0.29, 0.717) is 6.54 Å². The van der Waals surface area contributed by atoms with Crippen LogP contribution in [-0.2, 0) is 0 Å². The van der Waals surface area contributed by atoms with Crippen LogP contribution in [0, 0.1) is 0 Å². The molecule has 1 aromatic carbocycles. The van der Waals surface area contributed by atoms with Gasteiger partial charge in [0.2, 0.25) is 0 Å². The van der Waals surface area contributed by atoms with Crippen molar-refractivity contribution < 1.29 is 5.21 Å². The van der Waals surface area contributed by atoms with Crippen molar-refractivity contribution >= 4 is 27.5 Å². The van der Waals surface area contributed by atoms with Crippen molar-refractivity contribution in [1.82, 2.24) is 5.48 Å². The molecule has 0 amide bonds. The van der Waals surface area contributed by atoms with E-state index in [9.17, 15) is 0 Å². The Hall–Kier alpha value is -1.16. The first-order valence-corrected chi connectivity index (χ1v) is 5.24. The molecule has 1 aromatic heterocycles. The van der Waals surface area contributed by atoms with E-state index in [1.165, 1.54) is 15.0 Å². The summed E-state index contributed by atoms with van der Waals surface area (Å²) in [5.41, 5.74) is 2.09. The lowest BCUT2D eigenvalue weighted by molar-refractivity contribution is 0.180. The molecule has 3 heteroatoms. The van der Waals surface area contributed by atoms with Crippen molar-refractivity contribution in [3.05, 3.63) is 41.3 Å². The minimum absolute atomic E-state index is 0.480. The van der Waals surface area contributed by atoms with Crippen molar-refractivity contribution in [3.63, 3.8) is 0 Å². The predicted octanol–water partition coefficient (Wildman–Crippen LogP) is 2.89. The summed E-state index contributed by atoms with van der Waals surface area (Å²) in [5, 5.41) is 9.66. The van der Waals surface area contributed by atoms with E-state index in [4.69, 9.17) is 5.21 Å². The molecule has 0 bridgehead atoms. The maximum absolute atomic E-state index is 8.39. The fourth-order valence-corrected chi connectivity index (χ4v) is 2.31. The van der Waals surface area contributed by atoms with Crippen LogP contribution in [0.3, 0.4) is 0 Å². The topological polar surface area (TPSA) is 32.3 Å². The lowest BCUT2D eigenvalue weighted by Crippen LogP contribution is -2.04. The second-order valence-electron chi connectivity index (χ2n) is 2.95. The van der Waals surface area contributed by atoms with Gasteiger partial charge in [0.1, 0.15) is 0 Å². The van der Waals surface area contributed by atoms with Gasteiger partial charge in [0.25, 0.3) is 0 Å². The highest BCUT2D eigenvalue weighted by Crippen LogP contribution is 2.25. The highest BCUT2D eigenvalue weighted by Gasteiger charge is 1.96. The monoisotopic (exact) mass is 205 g/mol. The summed E-state index contributed by atoms with van der Waals surface area (Å²) >= 11 is 1.75. The molecule has 0 atom stereocenters. The first kappa shape index (κ1) is 9.40. The maximum atomic E-state index is 8.39. The van der Waals surface area contributed by atoms with Gasteiger partial charge in [0.05, 0.1) is 0 Å². The zero-order valence-corrected chi connectivity index (χ0v) is 8.42. The average molecular weight is 205 g/mol. The van der Waals surface area contributed by atoms with E-state index in [2.05, 4.69) is 23.7 Å². The summed E-state index contributed by atoms with van der Waals surface area (Å²) in [5.74, 6) is 0. The van der Waals surface area contributed by atoms with E-state index in [1.807, 2.05) is 24.3 Å². The summed E-state index contributed by atoms with van der Waals surface area (Å²) in [6, 6.07) is 10.4. The zero-order chi connectivity index (χ0) is 9.80. The molecular formula is C11H11NOS. The summed E-state index contributed by atoms with van der Waals surface area (Å²) in [7, 11) is 0. The van der Waals surface area contributed by atoms with Crippen molar-refractivity contribution in [3.8, 4) is 0 Å². The van der Waals surface area contributed by atoms with E-state index < -0.39 is 0 Å². The number of rotatable bonds is 3. The molecule has 0 saturated heterocycles. The molecule has 0 fully saturated rings. The molecule has 2 rings (SSSR count). The van der Waals surface area contributed by atoms with Crippen LogP contribution in [0.5, 0.6) is 0 Å². The Labute approximate surface area is 86.5 Å². The van der Waals surface area contributed by atoms with Crippen LogP contribution in [0.4, 0.5) is 0 Å². The van der Waals surface area contributed by atoms with Gasteiger partial charge in [-0.25, -0.2) is 5.48 Å². The Morgan fingerprint density at radius 3 is 3.00 bits per heavy atom. The van der Waals surface area contributed by atoms with E-state index in [0.717, 1.165) is 0 Å². The second-order valence-corrected chi connectivity index (χ2v) is 4.07. The summed E-state index contributed by atoms with van der Waals surface area (Å²) in [6.07, 6.45) is 3.90. The molecule has 0 spiro atoms. The third-order valence-electron chi connectivity index (χ3n) is 1.94. The highest BCUT2D eigenvalue weighted by atomic mass is 32.1. The Balaban J connectivity index is 2.27. The molecular weight excluding hydrogens is 194 g/mol. The number of hydrogen-bond donors (Lipinski definition) is 2. The third kappa shape index (κ3) is 2.01. The lowest BCUT2D eigenvalue weighted by Gasteiger charge is -1.85. The molecule has 0 radical (unpaired) electrons. The number of benzene rings is 1. The smallest absolute Gasteiger partial charge is 0.0391 e. The lowest BCUT2D eigenvalue weighted by atomic mass is 10.2. The number of fused-ring (bicyclic) bond motifs is 1. The molecule has 1 heterocycles. The Bertz CT molecular complexity index is 414. The minimum Gasteiger partial charge on any atom is -0.317 e. The first-order valence-electron chi connectivity index (χ1n) is 4.42. The molecule has 2 aromatic rings. The average Bonchev–Trinajstić information content (AvgIpc) is 2.60. The third-order valence-corrected chi connectivity index (χ3v) is 3.02. The molecule has 2 N–H and O–H groups in total. The zero-order valence-electron chi connectivity index (χ0n) is 7.60. The summed E-state index contributed by atoms with van der Waals surface area (Å²) in [6.45, 7) is 0.480. The van der Waals surface area contributed by atoms with Gasteiger partial charge in [-0.3, -0.25) is 0 Å². The molecule has 0 aliphatic carbocycles. The van der Waals surface area contributed by atoms with Gasteiger partial charge in [-0.15, -0.1) is 11.3 Å². The van der Waals surface area contributed by atoms with Crippen LogP contribution in [-0.4, -0.2) is 11.8 Å². The summed E-state index contributed by atoms with van der Waals surface area (Å²) in [4.78, 5) is 1.21. The molecule has 14 heavy (non-hydrogen) atoms. The number of thiophene rings is 1. The predicted molar refractivity (Wildman–Crippen MR) is 60.6 cm³/mol. The van der Waals surface area contributed by atoms with Gasteiger partial charge in [0.15, 0.2) is 0 Å². The molecule has 0 aliphatic heterocycles. The number of hydrogen-bond acceptors (Lipinski definition) is 3. The van der Waals surface area contributed by atoms with Crippen LogP contribution in [0.15, 0.2) is 36.4 Å². The first-order chi connectivity index (χ1) is 6.90. The number of hydroxylamine groups is 1. The molecule has 0 saturated carbocycles. The van der Waals surface area contributed by atoms with Gasteiger partial charge < -0.3 is 5.21 Å². The van der Waals surface area contributed by atoms with Gasteiger partial charge >= 0.3 is 0 Å². The minimum atomic E-state index is 0.480. The molecule has 72 valence electrons. The largest absolute Gasteiger partial charge is 0.317 e. The standard InChI is InChI=1S/C11H11NOS/c13-12-7-3-5-10-8-9-4-1-2-6-11(9)14-10/h1-6,8,12-13H,7H2. The van der Waals surface area contributed by atoms with E-state index in [1.54, 1.807) is 11.3 Å². The Morgan fingerprint density at radius 2 is 2.21 bits per heavy atom. The maximum Gasteiger partial charge on any atom is 0.0391 e. The fraction of sp³-hybridized carbons (Fsp3) is 0.0909. The Morgan fingerprint density at radius 1 is 1.36 bits per heavy atom. The number of nitrogens with one attached hydrogen (secondary N) is 1. The molecule has 0 aliphatic rings. The summed E-state index contributed by atoms with van der Waals surface area (Å²) < 4.78 is 1.30. The van der Waals surface area contributed by atoms with E-state index >= 15 is 0 Å². The highest BCUT2D eigenvalue weighted by molar-refractivity contribution is 7.19. The van der Waals surface area contributed by atoms with Crippen LogP contribution >= 0.6 is 11.3 Å². The van der Waals surface area contributed by atoms with Crippen LogP contribution < -0.4 is 5.48 Å². The Kier molecular flexibility index (Phi) is 2.93.